The minimum atomic E-state index is -0.612. The van der Waals surface area contributed by atoms with Crippen molar-refractivity contribution in [2.45, 2.75) is 78.7 Å². The number of carbonyl (C=O) groups is 1. The highest BCUT2D eigenvalue weighted by atomic mass is 16.7. The first-order valence-corrected chi connectivity index (χ1v) is 8.87. The predicted molar refractivity (Wildman–Crippen MR) is 93.1 cm³/mol. The van der Waals surface area contributed by atoms with Crippen LogP contribution in [-0.2, 0) is 19.0 Å². The molecule has 136 valence electrons. The Morgan fingerprint density at radius 1 is 0.913 bits per heavy atom. The molecule has 0 spiro atoms. The Bertz CT molecular complexity index is 310. The third-order valence-corrected chi connectivity index (χ3v) is 3.26. The summed E-state index contributed by atoms with van der Waals surface area (Å²) in [5, 5.41) is 2.82. The van der Waals surface area contributed by atoms with Gasteiger partial charge in [-0.2, -0.15) is 0 Å². The molecule has 1 N–H and O–H groups in total. The molecule has 0 aliphatic rings. The molecule has 1 amide bonds. The van der Waals surface area contributed by atoms with Crippen molar-refractivity contribution >= 4 is 5.91 Å². The van der Waals surface area contributed by atoms with Crippen molar-refractivity contribution in [2.24, 2.45) is 0 Å². The van der Waals surface area contributed by atoms with Gasteiger partial charge in [0, 0.05) is 25.4 Å². The largest absolute Gasteiger partial charge is 0.353 e. The molecule has 0 heterocycles. The number of ether oxygens (including phenoxy) is 3. The first-order chi connectivity index (χ1) is 11.1. The summed E-state index contributed by atoms with van der Waals surface area (Å²) in [6, 6.07) is 0. The van der Waals surface area contributed by atoms with Crippen molar-refractivity contribution in [1.29, 1.82) is 0 Å². The van der Waals surface area contributed by atoms with Crippen LogP contribution in [0.4, 0.5) is 0 Å². The molecule has 0 saturated heterocycles. The van der Waals surface area contributed by atoms with Crippen LogP contribution in [0.5, 0.6) is 0 Å². The number of nitrogens with one attached hydrogen (secondary N) is 1. The quantitative estimate of drug-likeness (QED) is 0.282. The fraction of sp³-hybridized carbons (Fsp3) is 0.833. The van der Waals surface area contributed by atoms with E-state index >= 15 is 0 Å². The first-order valence-electron chi connectivity index (χ1n) is 8.87. The van der Waals surface area contributed by atoms with Crippen molar-refractivity contribution in [2.75, 3.05) is 19.8 Å². The lowest BCUT2D eigenvalue weighted by Gasteiger charge is -2.28. The highest BCUT2D eigenvalue weighted by molar-refractivity contribution is 5.92. The average molecular weight is 329 g/mol. The maximum atomic E-state index is 11.9. The molecule has 5 heteroatoms. The Labute approximate surface area is 141 Å². The zero-order valence-electron chi connectivity index (χ0n) is 15.4. The van der Waals surface area contributed by atoms with Crippen LogP contribution in [0.1, 0.15) is 66.2 Å². The van der Waals surface area contributed by atoms with E-state index in [0.717, 1.165) is 38.5 Å². The molecule has 0 aromatic carbocycles. The van der Waals surface area contributed by atoms with Gasteiger partial charge in [0.1, 0.15) is 0 Å². The zero-order chi connectivity index (χ0) is 17.5. The first kappa shape index (κ1) is 22.1. The molecule has 0 saturated carbocycles. The van der Waals surface area contributed by atoms with Gasteiger partial charge in [0.2, 0.25) is 12.2 Å². The Hall–Kier alpha value is -0.910. The minimum absolute atomic E-state index is 0.241. The van der Waals surface area contributed by atoms with Crippen LogP contribution in [0.3, 0.4) is 0 Å². The van der Waals surface area contributed by atoms with Crippen molar-refractivity contribution in [3.05, 3.63) is 12.2 Å². The normalized spacial score (nSPS) is 12.4. The van der Waals surface area contributed by atoms with Gasteiger partial charge in [0.15, 0.2) is 6.23 Å². The van der Waals surface area contributed by atoms with Crippen LogP contribution in [0, 0.1) is 0 Å². The third kappa shape index (κ3) is 11.3. The maximum absolute atomic E-state index is 11.9. The van der Waals surface area contributed by atoms with Crippen molar-refractivity contribution in [3.8, 4) is 0 Å². The van der Waals surface area contributed by atoms with E-state index in [9.17, 15) is 4.79 Å². The second kappa shape index (κ2) is 14.7. The molecule has 0 aromatic heterocycles. The summed E-state index contributed by atoms with van der Waals surface area (Å²) in [5.74, 6) is -0.241. The van der Waals surface area contributed by atoms with Gasteiger partial charge in [-0.3, -0.25) is 4.79 Å². The van der Waals surface area contributed by atoms with Gasteiger partial charge in [0.05, 0.1) is 0 Å². The van der Waals surface area contributed by atoms with Crippen LogP contribution in [0.15, 0.2) is 12.2 Å². The summed E-state index contributed by atoms with van der Waals surface area (Å²) >= 11 is 0. The van der Waals surface area contributed by atoms with Gasteiger partial charge in [-0.05, 0) is 26.2 Å². The van der Waals surface area contributed by atoms with Gasteiger partial charge < -0.3 is 19.5 Å². The van der Waals surface area contributed by atoms with Gasteiger partial charge >= 0.3 is 0 Å². The van der Waals surface area contributed by atoms with Crippen LogP contribution in [0.25, 0.3) is 0 Å². The van der Waals surface area contributed by atoms with Gasteiger partial charge in [-0.15, -0.1) is 0 Å². The van der Waals surface area contributed by atoms with E-state index in [4.69, 9.17) is 14.2 Å². The van der Waals surface area contributed by atoms with Crippen LogP contribution >= 0.6 is 0 Å². The number of hydrogen-bond donors (Lipinski definition) is 1. The fourth-order valence-corrected chi connectivity index (χ4v) is 1.71. The molecule has 0 aromatic rings. The lowest BCUT2D eigenvalue weighted by molar-refractivity contribution is -0.216. The van der Waals surface area contributed by atoms with Crippen LogP contribution in [0.2, 0.25) is 0 Å². The second-order valence-corrected chi connectivity index (χ2v) is 5.72. The Kier molecular flexibility index (Phi) is 14.1. The van der Waals surface area contributed by atoms with E-state index in [2.05, 4.69) is 32.7 Å². The van der Waals surface area contributed by atoms with Crippen LogP contribution in [-0.4, -0.2) is 38.2 Å². The van der Waals surface area contributed by atoms with E-state index in [1.54, 1.807) is 6.92 Å². The van der Waals surface area contributed by atoms with Gasteiger partial charge in [0.25, 0.3) is 0 Å². The molecular formula is C18H35NO4. The third-order valence-electron chi connectivity index (χ3n) is 3.26. The van der Waals surface area contributed by atoms with Crippen molar-refractivity contribution < 1.29 is 19.0 Å². The zero-order valence-corrected chi connectivity index (χ0v) is 15.4. The Morgan fingerprint density at radius 3 is 1.74 bits per heavy atom. The number of unbranched alkanes of at least 4 members (excludes halogenated alkanes) is 3. The standard InChI is InChI=1S/C18H35NO4/c1-6-9-12-21-17(19-16(20)15(4)5)18(22-13-10-7-2)23-14-11-8-3/h17-18H,4,6-14H2,1-3,5H3,(H,19,20). The summed E-state index contributed by atoms with van der Waals surface area (Å²) in [6.07, 6.45) is 4.73. The topological polar surface area (TPSA) is 56.8 Å². The summed E-state index contributed by atoms with van der Waals surface area (Å²) in [6.45, 7) is 13.4. The summed E-state index contributed by atoms with van der Waals surface area (Å²) < 4.78 is 17.4. The van der Waals surface area contributed by atoms with E-state index in [-0.39, 0.29) is 5.91 Å². The second-order valence-electron chi connectivity index (χ2n) is 5.72. The minimum Gasteiger partial charge on any atom is -0.353 e. The molecular weight excluding hydrogens is 294 g/mol. The summed E-state index contributed by atoms with van der Waals surface area (Å²) in [4.78, 5) is 11.9. The lowest BCUT2D eigenvalue weighted by atomic mass is 10.3. The monoisotopic (exact) mass is 329 g/mol. The van der Waals surface area contributed by atoms with Crippen LogP contribution < -0.4 is 5.32 Å². The number of hydrogen-bond acceptors (Lipinski definition) is 4. The van der Waals surface area contributed by atoms with Gasteiger partial charge in [-0.25, -0.2) is 0 Å². The highest BCUT2D eigenvalue weighted by Crippen LogP contribution is 2.09. The Balaban J connectivity index is 4.75. The summed E-state index contributed by atoms with van der Waals surface area (Å²) in [5.41, 5.74) is 0.440. The average Bonchev–Trinajstić information content (AvgIpc) is 2.52. The highest BCUT2D eigenvalue weighted by Gasteiger charge is 2.25. The van der Waals surface area contributed by atoms with E-state index in [1.165, 1.54) is 0 Å². The van der Waals surface area contributed by atoms with Crippen molar-refractivity contribution in [1.82, 2.24) is 5.32 Å². The maximum Gasteiger partial charge on any atom is 0.248 e. The number of amides is 1. The molecule has 23 heavy (non-hydrogen) atoms. The van der Waals surface area contributed by atoms with E-state index in [1.807, 2.05) is 0 Å². The van der Waals surface area contributed by atoms with Gasteiger partial charge in [-0.1, -0.05) is 46.6 Å². The molecule has 0 bridgehead atoms. The molecule has 1 atom stereocenters. The molecule has 0 rings (SSSR count). The molecule has 5 nitrogen and oxygen atoms in total. The van der Waals surface area contributed by atoms with E-state index < -0.39 is 12.5 Å². The predicted octanol–water partition coefficient (Wildman–Crippen LogP) is 3.78. The fourth-order valence-electron chi connectivity index (χ4n) is 1.71. The molecule has 0 fully saturated rings. The number of rotatable bonds is 15. The van der Waals surface area contributed by atoms with E-state index in [0.29, 0.717) is 25.4 Å². The lowest BCUT2D eigenvalue weighted by Crippen LogP contribution is -2.48. The number of carbonyl (C=O) groups excluding carboxylic acids is 1. The molecule has 0 aliphatic carbocycles. The SMILES string of the molecule is C=C(C)C(=O)NC(OCCCC)C(OCCCC)OCCCC. The summed E-state index contributed by atoms with van der Waals surface area (Å²) in [7, 11) is 0. The molecule has 0 radical (unpaired) electrons. The smallest absolute Gasteiger partial charge is 0.248 e. The molecule has 1 unspecified atom stereocenters. The van der Waals surface area contributed by atoms with Crippen molar-refractivity contribution in [3.63, 3.8) is 0 Å². The Morgan fingerprint density at radius 2 is 1.35 bits per heavy atom. The molecule has 0 aliphatic heterocycles.